The number of ether oxygens (including phenoxy) is 1. The van der Waals surface area contributed by atoms with Crippen LogP contribution in [0.15, 0.2) is 47.4 Å². The van der Waals surface area contributed by atoms with Crippen LogP contribution in [0.3, 0.4) is 0 Å². The van der Waals surface area contributed by atoms with Crippen molar-refractivity contribution < 1.29 is 9.53 Å². The van der Waals surface area contributed by atoms with E-state index in [1.54, 1.807) is 26.4 Å². The van der Waals surface area contributed by atoms with Gasteiger partial charge < -0.3 is 14.6 Å². The van der Waals surface area contributed by atoms with E-state index in [0.29, 0.717) is 5.69 Å². The average molecular weight is 272 g/mol. The lowest BCUT2D eigenvalue weighted by atomic mass is 10.1. The SMILES string of the molecule is COc1ccc(CC(=O)Nc2ccc(=O)n(C)c2)cc1. The minimum Gasteiger partial charge on any atom is -0.497 e. The maximum atomic E-state index is 11.9. The summed E-state index contributed by atoms with van der Waals surface area (Å²) >= 11 is 0. The van der Waals surface area contributed by atoms with Crippen molar-refractivity contribution in [2.24, 2.45) is 7.05 Å². The molecule has 0 spiro atoms. The smallest absolute Gasteiger partial charge is 0.250 e. The van der Waals surface area contributed by atoms with E-state index in [1.165, 1.54) is 10.6 Å². The number of nitrogens with one attached hydrogen (secondary N) is 1. The molecule has 0 bridgehead atoms. The second kappa shape index (κ2) is 6.06. The molecule has 104 valence electrons. The van der Waals surface area contributed by atoms with Crippen LogP contribution in [0.5, 0.6) is 5.75 Å². The number of carbonyl (C=O) groups excluding carboxylic acids is 1. The molecule has 0 aliphatic heterocycles. The third-order valence-electron chi connectivity index (χ3n) is 2.89. The molecule has 0 saturated carbocycles. The summed E-state index contributed by atoms with van der Waals surface area (Å²) in [6, 6.07) is 10.3. The molecule has 1 amide bonds. The van der Waals surface area contributed by atoms with E-state index >= 15 is 0 Å². The molecular formula is C15H16N2O3. The molecule has 0 atom stereocenters. The van der Waals surface area contributed by atoms with Gasteiger partial charge in [0.25, 0.3) is 0 Å². The zero-order valence-electron chi connectivity index (χ0n) is 11.4. The lowest BCUT2D eigenvalue weighted by Gasteiger charge is -2.07. The first kappa shape index (κ1) is 13.9. The maximum Gasteiger partial charge on any atom is 0.250 e. The number of aromatic nitrogens is 1. The van der Waals surface area contributed by atoms with Gasteiger partial charge in [-0.15, -0.1) is 0 Å². The van der Waals surface area contributed by atoms with Crippen molar-refractivity contribution in [1.29, 1.82) is 0 Å². The van der Waals surface area contributed by atoms with E-state index in [1.807, 2.05) is 24.3 Å². The highest BCUT2D eigenvalue weighted by Gasteiger charge is 2.05. The van der Waals surface area contributed by atoms with Crippen molar-refractivity contribution in [2.75, 3.05) is 12.4 Å². The Morgan fingerprint density at radius 2 is 1.90 bits per heavy atom. The Hall–Kier alpha value is -2.56. The van der Waals surface area contributed by atoms with Crippen molar-refractivity contribution in [3.05, 3.63) is 58.5 Å². The quantitative estimate of drug-likeness (QED) is 0.919. The Morgan fingerprint density at radius 1 is 1.20 bits per heavy atom. The molecule has 5 heteroatoms. The van der Waals surface area contributed by atoms with Gasteiger partial charge in [-0.2, -0.15) is 0 Å². The first-order chi connectivity index (χ1) is 9.58. The van der Waals surface area contributed by atoms with E-state index in [9.17, 15) is 9.59 Å². The van der Waals surface area contributed by atoms with Gasteiger partial charge in [-0.1, -0.05) is 12.1 Å². The fraction of sp³-hybridized carbons (Fsp3) is 0.200. The van der Waals surface area contributed by atoms with Crippen molar-refractivity contribution in [3.63, 3.8) is 0 Å². The standard InChI is InChI=1S/C15H16N2O3/c1-17-10-12(5-8-15(17)19)16-14(18)9-11-3-6-13(20-2)7-4-11/h3-8,10H,9H2,1-2H3,(H,16,18). The predicted molar refractivity (Wildman–Crippen MR) is 77.0 cm³/mol. The van der Waals surface area contributed by atoms with Crippen molar-refractivity contribution in [3.8, 4) is 5.75 Å². The average Bonchev–Trinajstić information content (AvgIpc) is 2.44. The first-order valence-corrected chi connectivity index (χ1v) is 6.18. The number of aryl methyl sites for hydroxylation is 1. The van der Waals surface area contributed by atoms with Crippen LogP contribution in [0, 0.1) is 0 Å². The van der Waals surface area contributed by atoms with Crippen LogP contribution in [0.4, 0.5) is 5.69 Å². The van der Waals surface area contributed by atoms with Gasteiger partial charge in [0.15, 0.2) is 0 Å². The molecular weight excluding hydrogens is 256 g/mol. The zero-order chi connectivity index (χ0) is 14.5. The first-order valence-electron chi connectivity index (χ1n) is 6.18. The largest absolute Gasteiger partial charge is 0.497 e. The number of pyridine rings is 1. The van der Waals surface area contributed by atoms with Crippen LogP contribution < -0.4 is 15.6 Å². The van der Waals surface area contributed by atoms with Crippen LogP contribution >= 0.6 is 0 Å². The topological polar surface area (TPSA) is 60.3 Å². The number of methoxy groups -OCH3 is 1. The molecule has 0 aliphatic carbocycles. The van der Waals surface area contributed by atoms with Crippen molar-refractivity contribution in [2.45, 2.75) is 6.42 Å². The Kier molecular flexibility index (Phi) is 4.20. The second-order valence-corrected chi connectivity index (χ2v) is 4.44. The Labute approximate surface area is 116 Å². The van der Waals surface area contributed by atoms with Gasteiger partial charge >= 0.3 is 0 Å². The monoisotopic (exact) mass is 272 g/mol. The second-order valence-electron chi connectivity index (χ2n) is 4.44. The van der Waals surface area contributed by atoms with Crippen molar-refractivity contribution >= 4 is 11.6 Å². The molecule has 1 heterocycles. The van der Waals surface area contributed by atoms with Gasteiger partial charge in [-0.25, -0.2) is 0 Å². The summed E-state index contributed by atoms with van der Waals surface area (Å²) in [5.74, 6) is 0.626. The summed E-state index contributed by atoms with van der Waals surface area (Å²) < 4.78 is 6.48. The lowest BCUT2D eigenvalue weighted by molar-refractivity contribution is -0.115. The molecule has 2 aromatic rings. The highest BCUT2D eigenvalue weighted by Crippen LogP contribution is 2.12. The van der Waals surface area contributed by atoms with Gasteiger partial charge in [-0.3, -0.25) is 9.59 Å². The van der Waals surface area contributed by atoms with Gasteiger partial charge in [0, 0.05) is 19.3 Å². The number of anilines is 1. The molecule has 5 nitrogen and oxygen atoms in total. The number of hydrogen-bond acceptors (Lipinski definition) is 3. The highest BCUT2D eigenvalue weighted by atomic mass is 16.5. The molecule has 0 unspecified atom stereocenters. The van der Waals surface area contributed by atoms with E-state index in [0.717, 1.165) is 11.3 Å². The molecule has 0 saturated heterocycles. The number of benzene rings is 1. The summed E-state index contributed by atoms with van der Waals surface area (Å²) in [4.78, 5) is 23.1. The Morgan fingerprint density at radius 3 is 2.50 bits per heavy atom. The fourth-order valence-electron chi connectivity index (χ4n) is 1.80. The van der Waals surface area contributed by atoms with E-state index in [-0.39, 0.29) is 17.9 Å². The summed E-state index contributed by atoms with van der Waals surface area (Å²) in [5, 5.41) is 2.76. The lowest BCUT2D eigenvalue weighted by Crippen LogP contribution is -2.19. The predicted octanol–water partition coefficient (Wildman–Crippen LogP) is 1.58. The van der Waals surface area contributed by atoms with Crippen LogP contribution in [-0.2, 0) is 18.3 Å². The molecule has 2 rings (SSSR count). The van der Waals surface area contributed by atoms with Crippen LogP contribution in [0.2, 0.25) is 0 Å². The third-order valence-corrected chi connectivity index (χ3v) is 2.89. The zero-order valence-corrected chi connectivity index (χ0v) is 11.4. The normalized spacial score (nSPS) is 10.1. The summed E-state index contributed by atoms with van der Waals surface area (Å²) in [7, 11) is 3.24. The van der Waals surface area contributed by atoms with E-state index in [2.05, 4.69) is 5.32 Å². The summed E-state index contributed by atoms with van der Waals surface area (Å²) in [6.45, 7) is 0. The minimum atomic E-state index is -0.131. The van der Waals surface area contributed by atoms with Crippen LogP contribution in [0.1, 0.15) is 5.56 Å². The number of nitrogens with zero attached hydrogens (tertiary/aromatic N) is 1. The van der Waals surface area contributed by atoms with Gasteiger partial charge in [0.2, 0.25) is 11.5 Å². The Bertz CT molecular complexity index is 660. The van der Waals surface area contributed by atoms with E-state index < -0.39 is 0 Å². The number of hydrogen-bond donors (Lipinski definition) is 1. The molecule has 20 heavy (non-hydrogen) atoms. The number of carbonyl (C=O) groups is 1. The number of amides is 1. The summed E-state index contributed by atoms with van der Waals surface area (Å²) in [5.41, 5.74) is 1.39. The molecule has 1 aromatic carbocycles. The van der Waals surface area contributed by atoms with E-state index in [4.69, 9.17) is 4.74 Å². The van der Waals surface area contributed by atoms with Crippen LogP contribution in [0.25, 0.3) is 0 Å². The number of rotatable bonds is 4. The molecule has 1 N–H and O–H groups in total. The van der Waals surface area contributed by atoms with Crippen molar-refractivity contribution in [1.82, 2.24) is 4.57 Å². The minimum absolute atomic E-state index is 0.113. The summed E-state index contributed by atoms with van der Waals surface area (Å²) in [6.07, 6.45) is 1.86. The molecule has 0 fully saturated rings. The van der Waals surface area contributed by atoms with Gasteiger partial charge in [0.05, 0.1) is 19.2 Å². The molecule has 0 radical (unpaired) electrons. The van der Waals surface area contributed by atoms with Gasteiger partial charge in [0.1, 0.15) is 5.75 Å². The third kappa shape index (κ3) is 3.47. The highest BCUT2D eigenvalue weighted by molar-refractivity contribution is 5.92. The van der Waals surface area contributed by atoms with Crippen LogP contribution in [-0.4, -0.2) is 17.6 Å². The van der Waals surface area contributed by atoms with Gasteiger partial charge in [-0.05, 0) is 23.8 Å². The Balaban J connectivity index is 2.00. The fourth-order valence-corrected chi connectivity index (χ4v) is 1.80. The molecule has 1 aromatic heterocycles. The molecule has 0 aliphatic rings. The maximum absolute atomic E-state index is 11.9.